The van der Waals surface area contributed by atoms with E-state index in [9.17, 15) is 13.2 Å². The third-order valence-corrected chi connectivity index (χ3v) is 6.86. The SMILES string of the molecule is CCOc1ccc(N(CC(=O)N/N=C\c2cccc(Br)c2)S(=O)(=O)c2ccc(C)cc2)cc1. The Morgan fingerprint density at radius 1 is 1.09 bits per heavy atom. The molecule has 0 fully saturated rings. The molecule has 3 rings (SSSR count). The molecule has 0 heterocycles. The lowest BCUT2D eigenvalue weighted by atomic mass is 10.2. The highest BCUT2D eigenvalue weighted by molar-refractivity contribution is 9.10. The van der Waals surface area contributed by atoms with Crippen molar-refractivity contribution in [1.82, 2.24) is 5.43 Å². The summed E-state index contributed by atoms with van der Waals surface area (Å²) in [5, 5.41) is 3.95. The molecule has 3 aromatic carbocycles. The van der Waals surface area contributed by atoms with E-state index in [0.29, 0.717) is 18.0 Å². The zero-order valence-electron chi connectivity index (χ0n) is 18.2. The van der Waals surface area contributed by atoms with Crippen LogP contribution < -0.4 is 14.5 Å². The molecular formula is C24H24BrN3O4S. The lowest BCUT2D eigenvalue weighted by Crippen LogP contribution is -2.39. The van der Waals surface area contributed by atoms with Crippen LogP contribution in [0.25, 0.3) is 0 Å². The molecule has 0 bridgehead atoms. The molecule has 0 aromatic heterocycles. The van der Waals surface area contributed by atoms with Gasteiger partial charge in [0.25, 0.3) is 15.9 Å². The highest BCUT2D eigenvalue weighted by atomic mass is 79.9. The van der Waals surface area contributed by atoms with Gasteiger partial charge in [0.1, 0.15) is 12.3 Å². The second-order valence-corrected chi connectivity index (χ2v) is 9.88. The maximum Gasteiger partial charge on any atom is 0.264 e. The maximum atomic E-state index is 13.4. The van der Waals surface area contributed by atoms with Crippen molar-refractivity contribution >= 4 is 43.8 Å². The van der Waals surface area contributed by atoms with Crippen LogP contribution in [0.3, 0.4) is 0 Å². The number of ether oxygens (including phenoxy) is 1. The number of rotatable bonds is 9. The van der Waals surface area contributed by atoms with Crippen LogP contribution in [0, 0.1) is 6.92 Å². The normalized spacial score (nSPS) is 11.4. The van der Waals surface area contributed by atoms with Crippen LogP contribution in [0.15, 0.2) is 87.3 Å². The first kappa shape index (κ1) is 24.5. The zero-order chi connectivity index (χ0) is 23.8. The Hall–Kier alpha value is -3.17. The Kier molecular flexibility index (Phi) is 8.24. The van der Waals surface area contributed by atoms with Crippen molar-refractivity contribution in [2.24, 2.45) is 5.10 Å². The first-order valence-corrected chi connectivity index (χ1v) is 12.4. The predicted octanol–water partition coefficient (Wildman–Crippen LogP) is 4.50. The number of sulfonamides is 1. The van der Waals surface area contributed by atoms with Gasteiger partial charge in [-0.1, -0.05) is 45.8 Å². The Labute approximate surface area is 202 Å². The average molecular weight is 530 g/mol. The maximum absolute atomic E-state index is 13.4. The quantitative estimate of drug-likeness (QED) is 0.326. The number of carbonyl (C=O) groups excluding carboxylic acids is 1. The van der Waals surface area contributed by atoms with Crippen LogP contribution in [-0.4, -0.2) is 33.7 Å². The summed E-state index contributed by atoms with van der Waals surface area (Å²) in [5.41, 5.74) is 4.45. The lowest BCUT2D eigenvalue weighted by molar-refractivity contribution is -0.119. The highest BCUT2D eigenvalue weighted by Gasteiger charge is 2.27. The Bertz CT molecular complexity index is 1230. The summed E-state index contributed by atoms with van der Waals surface area (Å²) < 4.78 is 34.2. The number of nitrogens with one attached hydrogen (secondary N) is 1. The number of carbonyl (C=O) groups is 1. The van der Waals surface area contributed by atoms with Gasteiger partial charge in [-0.2, -0.15) is 5.10 Å². The van der Waals surface area contributed by atoms with E-state index >= 15 is 0 Å². The number of hydrogen-bond donors (Lipinski definition) is 1. The zero-order valence-corrected chi connectivity index (χ0v) is 20.6. The predicted molar refractivity (Wildman–Crippen MR) is 133 cm³/mol. The third-order valence-electron chi connectivity index (χ3n) is 4.58. The fraction of sp³-hybridized carbons (Fsp3) is 0.167. The summed E-state index contributed by atoms with van der Waals surface area (Å²) in [6.07, 6.45) is 1.48. The monoisotopic (exact) mass is 529 g/mol. The van der Waals surface area contributed by atoms with Crippen LogP contribution in [-0.2, 0) is 14.8 Å². The second-order valence-electron chi connectivity index (χ2n) is 7.10. The first-order valence-electron chi connectivity index (χ1n) is 10.2. The molecule has 0 radical (unpaired) electrons. The molecule has 0 spiro atoms. The van der Waals surface area contributed by atoms with E-state index in [0.717, 1.165) is 19.9 Å². The van der Waals surface area contributed by atoms with Crippen molar-refractivity contribution in [1.29, 1.82) is 0 Å². The summed E-state index contributed by atoms with van der Waals surface area (Å²) in [6, 6.07) is 20.4. The van der Waals surface area contributed by atoms with Gasteiger partial charge >= 0.3 is 0 Å². The van der Waals surface area contributed by atoms with E-state index < -0.39 is 22.5 Å². The summed E-state index contributed by atoms with van der Waals surface area (Å²) >= 11 is 3.37. The summed E-state index contributed by atoms with van der Waals surface area (Å²) in [6.45, 7) is 3.78. The van der Waals surface area contributed by atoms with Crippen LogP contribution in [0.4, 0.5) is 5.69 Å². The van der Waals surface area contributed by atoms with E-state index in [2.05, 4.69) is 26.5 Å². The van der Waals surface area contributed by atoms with Crippen LogP contribution in [0.2, 0.25) is 0 Å². The average Bonchev–Trinajstić information content (AvgIpc) is 2.79. The van der Waals surface area contributed by atoms with Gasteiger partial charge in [-0.05, 0) is 67.9 Å². The lowest BCUT2D eigenvalue weighted by Gasteiger charge is -2.24. The molecule has 0 aliphatic carbocycles. The molecule has 0 aliphatic heterocycles. The molecule has 33 heavy (non-hydrogen) atoms. The van der Waals surface area contributed by atoms with Crippen LogP contribution >= 0.6 is 15.9 Å². The van der Waals surface area contributed by atoms with Gasteiger partial charge < -0.3 is 4.74 Å². The minimum absolute atomic E-state index is 0.0902. The van der Waals surface area contributed by atoms with E-state index in [1.54, 1.807) is 36.4 Å². The largest absolute Gasteiger partial charge is 0.494 e. The topological polar surface area (TPSA) is 88.1 Å². The standard InChI is InChI=1S/C24H24BrN3O4S/c1-3-32-22-11-9-21(10-12-22)28(33(30,31)23-13-7-18(2)8-14-23)17-24(29)27-26-16-19-5-4-6-20(25)15-19/h4-16H,3,17H2,1-2H3,(H,27,29)/b26-16-. The molecule has 7 nitrogen and oxygen atoms in total. The number of amides is 1. The Morgan fingerprint density at radius 3 is 2.42 bits per heavy atom. The number of hydrogen-bond acceptors (Lipinski definition) is 5. The molecular weight excluding hydrogens is 506 g/mol. The fourth-order valence-corrected chi connectivity index (χ4v) is 4.80. The van der Waals surface area contributed by atoms with Gasteiger partial charge in [0.15, 0.2) is 0 Å². The molecule has 0 saturated carbocycles. The van der Waals surface area contributed by atoms with Gasteiger partial charge in [-0.25, -0.2) is 13.8 Å². The number of hydrazone groups is 1. The molecule has 1 amide bonds. The second kappa shape index (κ2) is 11.1. The molecule has 3 aromatic rings. The Morgan fingerprint density at radius 2 is 1.79 bits per heavy atom. The summed E-state index contributed by atoms with van der Waals surface area (Å²) in [4.78, 5) is 12.7. The van der Waals surface area contributed by atoms with E-state index in [1.165, 1.54) is 18.3 Å². The van der Waals surface area contributed by atoms with E-state index in [-0.39, 0.29) is 4.90 Å². The van der Waals surface area contributed by atoms with Gasteiger partial charge in [-0.3, -0.25) is 9.10 Å². The number of halogens is 1. The van der Waals surface area contributed by atoms with Gasteiger partial charge in [0, 0.05) is 4.47 Å². The van der Waals surface area contributed by atoms with E-state index in [1.807, 2.05) is 38.1 Å². The van der Waals surface area contributed by atoms with Crippen molar-refractivity contribution in [2.75, 3.05) is 17.5 Å². The van der Waals surface area contributed by atoms with Crippen molar-refractivity contribution in [3.8, 4) is 5.75 Å². The van der Waals surface area contributed by atoms with Crippen molar-refractivity contribution in [2.45, 2.75) is 18.7 Å². The molecule has 0 unspecified atom stereocenters. The van der Waals surface area contributed by atoms with Gasteiger partial charge in [0.05, 0.1) is 23.4 Å². The molecule has 0 aliphatic rings. The minimum Gasteiger partial charge on any atom is -0.494 e. The van der Waals surface area contributed by atoms with Gasteiger partial charge in [0.2, 0.25) is 0 Å². The molecule has 0 saturated heterocycles. The molecule has 9 heteroatoms. The summed E-state index contributed by atoms with van der Waals surface area (Å²) in [5.74, 6) is 0.0304. The number of benzene rings is 3. The molecule has 172 valence electrons. The van der Waals surface area contributed by atoms with Crippen LogP contribution in [0.5, 0.6) is 5.75 Å². The first-order chi connectivity index (χ1) is 15.8. The number of anilines is 1. The molecule has 1 N–H and O–H groups in total. The number of nitrogens with zero attached hydrogens (tertiary/aromatic N) is 2. The van der Waals surface area contributed by atoms with E-state index in [4.69, 9.17) is 4.74 Å². The fourth-order valence-electron chi connectivity index (χ4n) is 2.96. The van der Waals surface area contributed by atoms with Crippen molar-refractivity contribution in [3.05, 3.63) is 88.4 Å². The van der Waals surface area contributed by atoms with Crippen LogP contribution in [0.1, 0.15) is 18.1 Å². The van der Waals surface area contributed by atoms with Crippen molar-refractivity contribution in [3.63, 3.8) is 0 Å². The highest BCUT2D eigenvalue weighted by Crippen LogP contribution is 2.26. The van der Waals surface area contributed by atoms with Crippen molar-refractivity contribution < 1.29 is 17.9 Å². The Balaban J connectivity index is 1.84. The summed E-state index contributed by atoms with van der Waals surface area (Å²) in [7, 11) is -4.00. The minimum atomic E-state index is -4.00. The van der Waals surface area contributed by atoms with Gasteiger partial charge in [-0.15, -0.1) is 0 Å². The smallest absolute Gasteiger partial charge is 0.264 e. The molecule has 0 atom stereocenters. The number of aryl methyl sites for hydroxylation is 1. The third kappa shape index (κ3) is 6.66.